The number of ether oxygens (including phenoxy) is 1. The van der Waals surface area contributed by atoms with Gasteiger partial charge in [0.1, 0.15) is 9.88 Å². The van der Waals surface area contributed by atoms with Crippen molar-refractivity contribution >= 4 is 34.8 Å². The van der Waals surface area contributed by atoms with Crippen LogP contribution in [-0.2, 0) is 9.53 Å². The Hall–Kier alpha value is -1.96. The third-order valence-corrected chi connectivity index (χ3v) is 5.16. The molecule has 1 atom stereocenters. The number of carboxylic acid groups (broad SMARTS) is 1. The van der Waals surface area contributed by atoms with Gasteiger partial charge in [0.05, 0.1) is 18.8 Å². The van der Waals surface area contributed by atoms with Gasteiger partial charge in [0.2, 0.25) is 0 Å². The lowest BCUT2D eigenvalue weighted by Gasteiger charge is -2.30. The molecule has 0 aliphatic carbocycles. The number of amides is 1. The zero-order chi connectivity index (χ0) is 17.3. The highest BCUT2D eigenvalue weighted by molar-refractivity contribution is 7.17. The fraction of sp³-hybridized carbons (Fsp3) is 0.312. The molecule has 0 radical (unpaired) electrons. The molecule has 0 bridgehead atoms. The summed E-state index contributed by atoms with van der Waals surface area (Å²) >= 11 is 7.19. The molecule has 1 aromatic heterocycles. The smallest absolute Gasteiger partial charge is 0.334 e. The molecular weight excluding hydrogens is 352 g/mol. The normalized spacial score (nSPS) is 17.8. The first kappa shape index (κ1) is 16.9. The second-order valence-corrected chi connectivity index (χ2v) is 6.82. The van der Waals surface area contributed by atoms with Crippen LogP contribution < -0.4 is 0 Å². The minimum absolute atomic E-state index is 0.0434. The van der Waals surface area contributed by atoms with Crippen LogP contribution >= 0.6 is 22.9 Å². The number of hydrogen-bond acceptors (Lipinski definition) is 5. The zero-order valence-electron chi connectivity index (χ0n) is 12.9. The molecule has 2 heterocycles. The van der Waals surface area contributed by atoms with Crippen LogP contribution in [0.5, 0.6) is 0 Å². The summed E-state index contributed by atoms with van der Waals surface area (Å²) in [5, 5.41) is 10.4. The Balaban J connectivity index is 1.83. The molecule has 3 rings (SSSR count). The molecule has 1 N–H and O–H groups in total. The monoisotopic (exact) mass is 366 g/mol. The molecule has 126 valence electrons. The number of benzene rings is 1. The Kier molecular flexibility index (Phi) is 4.84. The van der Waals surface area contributed by atoms with Crippen molar-refractivity contribution in [1.29, 1.82) is 0 Å². The molecule has 8 heteroatoms. The quantitative estimate of drug-likeness (QED) is 0.903. The van der Waals surface area contributed by atoms with E-state index >= 15 is 0 Å². The molecule has 0 spiro atoms. The molecule has 1 saturated heterocycles. The lowest BCUT2D eigenvalue weighted by Crippen LogP contribution is -2.48. The molecule has 1 aromatic carbocycles. The predicted molar refractivity (Wildman–Crippen MR) is 90.6 cm³/mol. The summed E-state index contributed by atoms with van der Waals surface area (Å²) in [5.41, 5.74) is 1.52. The molecule has 1 aliphatic rings. The number of morpholine rings is 1. The summed E-state index contributed by atoms with van der Waals surface area (Å²) in [6, 6.07) is 7.25. The summed E-state index contributed by atoms with van der Waals surface area (Å²) in [6.45, 7) is 2.40. The van der Waals surface area contributed by atoms with Crippen LogP contribution in [0.2, 0.25) is 5.02 Å². The Morgan fingerprint density at radius 2 is 2.08 bits per heavy atom. The number of thiazole rings is 1. The second kappa shape index (κ2) is 6.88. The van der Waals surface area contributed by atoms with Gasteiger partial charge in [-0.25, -0.2) is 9.78 Å². The topological polar surface area (TPSA) is 79.7 Å². The van der Waals surface area contributed by atoms with E-state index in [9.17, 15) is 9.59 Å². The molecule has 1 amide bonds. The van der Waals surface area contributed by atoms with Gasteiger partial charge in [-0.3, -0.25) is 4.79 Å². The Morgan fingerprint density at radius 1 is 1.38 bits per heavy atom. The van der Waals surface area contributed by atoms with Gasteiger partial charge < -0.3 is 14.7 Å². The number of nitrogens with zero attached hydrogens (tertiary/aromatic N) is 2. The number of rotatable bonds is 3. The van der Waals surface area contributed by atoms with Crippen molar-refractivity contribution in [3.8, 4) is 10.6 Å². The van der Waals surface area contributed by atoms with Crippen molar-refractivity contribution in [2.45, 2.75) is 13.0 Å². The fourth-order valence-corrected chi connectivity index (χ4v) is 3.60. The molecule has 1 aliphatic heterocycles. The molecule has 1 unspecified atom stereocenters. The molecule has 1 fully saturated rings. The van der Waals surface area contributed by atoms with Crippen molar-refractivity contribution in [2.24, 2.45) is 0 Å². The van der Waals surface area contributed by atoms with E-state index in [1.165, 1.54) is 16.2 Å². The average molecular weight is 367 g/mol. The number of aryl methyl sites for hydroxylation is 1. The summed E-state index contributed by atoms with van der Waals surface area (Å²) < 4.78 is 5.15. The van der Waals surface area contributed by atoms with Crippen molar-refractivity contribution in [3.63, 3.8) is 0 Å². The average Bonchev–Trinajstić information content (AvgIpc) is 2.96. The van der Waals surface area contributed by atoms with Crippen molar-refractivity contribution in [3.05, 3.63) is 39.9 Å². The molecule has 2 aromatic rings. The van der Waals surface area contributed by atoms with E-state index in [4.69, 9.17) is 21.4 Å². The second-order valence-electron chi connectivity index (χ2n) is 5.39. The standard InChI is InChI=1S/C16H15ClN2O4S/c1-9-13(15(20)19-6-7-23-12(8-19)16(21)22)24-14(18-9)10-2-4-11(17)5-3-10/h2-5,12H,6-8H2,1H3,(H,21,22). The van der Waals surface area contributed by atoms with Gasteiger partial charge in [-0.05, 0) is 19.1 Å². The highest BCUT2D eigenvalue weighted by atomic mass is 35.5. The predicted octanol–water partition coefficient (Wildman–Crippen LogP) is 2.70. The zero-order valence-corrected chi connectivity index (χ0v) is 14.4. The van der Waals surface area contributed by atoms with Gasteiger partial charge in [0, 0.05) is 17.1 Å². The van der Waals surface area contributed by atoms with E-state index in [2.05, 4.69) is 4.98 Å². The Labute approximate surface area is 147 Å². The molecule has 24 heavy (non-hydrogen) atoms. The van der Waals surface area contributed by atoms with Gasteiger partial charge in [-0.2, -0.15) is 0 Å². The lowest BCUT2D eigenvalue weighted by atomic mass is 10.2. The van der Waals surface area contributed by atoms with Crippen LogP contribution in [0, 0.1) is 6.92 Å². The lowest BCUT2D eigenvalue weighted by molar-refractivity contribution is -0.154. The van der Waals surface area contributed by atoms with E-state index in [1.54, 1.807) is 19.1 Å². The summed E-state index contributed by atoms with van der Waals surface area (Å²) in [5.74, 6) is -1.27. The van der Waals surface area contributed by atoms with Crippen LogP contribution in [-0.4, -0.2) is 52.7 Å². The number of aliphatic carboxylic acids is 1. The van der Waals surface area contributed by atoms with E-state index < -0.39 is 12.1 Å². The third kappa shape index (κ3) is 3.43. The molecule has 6 nitrogen and oxygen atoms in total. The van der Waals surface area contributed by atoms with Crippen molar-refractivity contribution in [2.75, 3.05) is 19.7 Å². The highest BCUT2D eigenvalue weighted by Gasteiger charge is 2.31. The van der Waals surface area contributed by atoms with Gasteiger partial charge in [-0.15, -0.1) is 11.3 Å². The Bertz CT molecular complexity index is 775. The molecule has 0 saturated carbocycles. The third-order valence-electron chi connectivity index (χ3n) is 3.71. The summed E-state index contributed by atoms with van der Waals surface area (Å²) in [4.78, 5) is 30.3. The first-order valence-corrected chi connectivity index (χ1v) is 8.52. The molecular formula is C16H15ClN2O4S. The number of carboxylic acids is 1. The first-order chi connectivity index (χ1) is 11.5. The van der Waals surface area contributed by atoms with Gasteiger partial charge in [-0.1, -0.05) is 23.7 Å². The fourth-order valence-electron chi connectivity index (χ4n) is 2.44. The number of hydrogen-bond donors (Lipinski definition) is 1. The van der Waals surface area contributed by atoms with Crippen molar-refractivity contribution < 1.29 is 19.4 Å². The summed E-state index contributed by atoms with van der Waals surface area (Å²) in [7, 11) is 0. The number of carbonyl (C=O) groups excluding carboxylic acids is 1. The van der Waals surface area contributed by atoms with E-state index in [0.717, 1.165) is 10.6 Å². The van der Waals surface area contributed by atoms with Crippen LogP contribution in [0.1, 0.15) is 15.4 Å². The largest absolute Gasteiger partial charge is 0.479 e. The van der Waals surface area contributed by atoms with Crippen LogP contribution in [0.4, 0.5) is 0 Å². The first-order valence-electron chi connectivity index (χ1n) is 7.33. The van der Waals surface area contributed by atoms with Crippen LogP contribution in [0.25, 0.3) is 10.6 Å². The van der Waals surface area contributed by atoms with Gasteiger partial charge in [0.25, 0.3) is 5.91 Å². The van der Waals surface area contributed by atoms with E-state index in [1.807, 2.05) is 12.1 Å². The minimum atomic E-state index is -1.06. The van der Waals surface area contributed by atoms with Gasteiger partial charge in [0.15, 0.2) is 6.10 Å². The maximum Gasteiger partial charge on any atom is 0.334 e. The summed E-state index contributed by atoms with van der Waals surface area (Å²) in [6.07, 6.45) is -0.980. The minimum Gasteiger partial charge on any atom is -0.479 e. The maximum atomic E-state index is 12.7. The van der Waals surface area contributed by atoms with Crippen molar-refractivity contribution in [1.82, 2.24) is 9.88 Å². The number of carbonyl (C=O) groups is 2. The van der Waals surface area contributed by atoms with Crippen LogP contribution in [0.15, 0.2) is 24.3 Å². The Morgan fingerprint density at radius 3 is 2.75 bits per heavy atom. The van der Waals surface area contributed by atoms with E-state index in [0.29, 0.717) is 22.1 Å². The highest BCUT2D eigenvalue weighted by Crippen LogP contribution is 2.30. The SMILES string of the molecule is Cc1nc(-c2ccc(Cl)cc2)sc1C(=O)N1CCOC(C(=O)O)C1. The van der Waals surface area contributed by atoms with Gasteiger partial charge >= 0.3 is 5.97 Å². The van der Waals surface area contributed by atoms with Crippen LogP contribution in [0.3, 0.4) is 0 Å². The number of halogens is 1. The van der Waals surface area contributed by atoms with E-state index in [-0.39, 0.29) is 19.1 Å². The maximum absolute atomic E-state index is 12.7. The number of aromatic nitrogens is 1.